The molecule has 0 aliphatic carbocycles. The van der Waals surface area contributed by atoms with Gasteiger partial charge in [0.25, 0.3) is 0 Å². The molecule has 0 atom stereocenters. The first-order valence-corrected chi connectivity index (χ1v) is 6.94. The van der Waals surface area contributed by atoms with Crippen molar-refractivity contribution in [2.24, 2.45) is 0 Å². The minimum absolute atomic E-state index is 0.0887. The van der Waals surface area contributed by atoms with Crippen molar-refractivity contribution < 1.29 is 9.15 Å². The molecular formula is C17H23NO2. The third-order valence-electron chi connectivity index (χ3n) is 3.10. The van der Waals surface area contributed by atoms with Gasteiger partial charge in [-0.1, -0.05) is 18.2 Å². The molecule has 3 heteroatoms. The van der Waals surface area contributed by atoms with E-state index in [0.717, 1.165) is 29.2 Å². The summed E-state index contributed by atoms with van der Waals surface area (Å²) < 4.78 is 11.4. The molecule has 3 nitrogen and oxygen atoms in total. The topological polar surface area (TPSA) is 34.4 Å². The average Bonchev–Trinajstić information content (AvgIpc) is 2.82. The van der Waals surface area contributed by atoms with Crippen LogP contribution in [0, 0.1) is 6.92 Å². The normalized spacial score (nSPS) is 11.6. The molecule has 0 saturated heterocycles. The van der Waals surface area contributed by atoms with E-state index in [1.165, 1.54) is 0 Å². The highest BCUT2D eigenvalue weighted by Crippen LogP contribution is 2.20. The Balaban J connectivity index is 1.97. The largest absolute Gasteiger partial charge is 0.485 e. The number of para-hydroxylation sites is 1. The van der Waals surface area contributed by atoms with Crippen LogP contribution >= 0.6 is 0 Å². The van der Waals surface area contributed by atoms with Gasteiger partial charge in [-0.3, -0.25) is 0 Å². The number of aryl methyl sites for hydroxylation is 1. The van der Waals surface area contributed by atoms with Crippen LogP contribution in [-0.4, -0.2) is 5.54 Å². The third-order valence-corrected chi connectivity index (χ3v) is 3.10. The molecule has 0 unspecified atom stereocenters. The van der Waals surface area contributed by atoms with E-state index in [-0.39, 0.29) is 5.54 Å². The van der Waals surface area contributed by atoms with Crippen LogP contribution in [-0.2, 0) is 13.2 Å². The summed E-state index contributed by atoms with van der Waals surface area (Å²) in [6, 6.07) is 10.0. The molecule has 0 aliphatic rings. The van der Waals surface area contributed by atoms with Gasteiger partial charge in [-0.25, -0.2) is 0 Å². The Kier molecular flexibility index (Phi) is 4.50. The molecule has 0 aliphatic heterocycles. The van der Waals surface area contributed by atoms with E-state index in [0.29, 0.717) is 6.61 Å². The molecule has 0 saturated carbocycles. The van der Waals surface area contributed by atoms with Crippen molar-refractivity contribution in [2.75, 3.05) is 0 Å². The lowest BCUT2D eigenvalue weighted by Crippen LogP contribution is -2.35. The van der Waals surface area contributed by atoms with Crippen molar-refractivity contribution >= 4 is 0 Å². The van der Waals surface area contributed by atoms with Gasteiger partial charge in [0, 0.05) is 17.6 Å². The highest BCUT2D eigenvalue weighted by atomic mass is 16.5. The fraction of sp³-hybridized carbons (Fsp3) is 0.412. The van der Waals surface area contributed by atoms with Crippen LogP contribution in [0.2, 0.25) is 0 Å². The van der Waals surface area contributed by atoms with Crippen LogP contribution in [0.4, 0.5) is 0 Å². The first-order chi connectivity index (χ1) is 9.46. The molecule has 1 N–H and O–H groups in total. The second-order valence-corrected chi connectivity index (χ2v) is 6.03. The van der Waals surface area contributed by atoms with Crippen LogP contribution < -0.4 is 10.1 Å². The van der Waals surface area contributed by atoms with Gasteiger partial charge in [-0.05, 0) is 45.4 Å². The summed E-state index contributed by atoms with van der Waals surface area (Å²) in [5.74, 6) is 1.78. The number of nitrogens with one attached hydrogen (secondary N) is 1. The lowest BCUT2D eigenvalue weighted by Gasteiger charge is -2.20. The fourth-order valence-corrected chi connectivity index (χ4v) is 1.87. The van der Waals surface area contributed by atoms with Crippen LogP contribution in [0.3, 0.4) is 0 Å². The summed E-state index contributed by atoms with van der Waals surface area (Å²) in [4.78, 5) is 0. The quantitative estimate of drug-likeness (QED) is 0.892. The summed E-state index contributed by atoms with van der Waals surface area (Å²) in [6.07, 6.45) is 1.72. The maximum absolute atomic E-state index is 5.83. The summed E-state index contributed by atoms with van der Waals surface area (Å²) in [5.41, 5.74) is 2.37. The van der Waals surface area contributed by atoms with E-state index in [1.54, 1.807) is 6.26 Å². The van der Waals surface area contributed by atoms with Crippen molar-refractivity contribution in [2.45, 2.75) is 46.4 Å². The molecule has 1 heterocycles. The summed E-state index contributed by atoms with van der Waals surface area (Å²) in [7, 11) is 0. The zero-order valence-corrected chi connectivity index (χ0v) is 12.7. The van der Waals surface area contributed by atoms with Gasteiger partial charge in [0.05, 0.1) is 6.26 Å². The third kappa shape index (κ3) is 4.14. The number of hydrogen-bond acceptors (Lipinski definition) is 3. The lowest BCUT2D eigenvalue weighted by molar-refractivity contribution is 0.265. The van der Waals surface area contributed by atoms with Crippen molar-refractivity contribution in [1.29, 1.82) is 0 Å². The molecule has 0 spiro atoms. The number of benzene rings is 1. The van der Waals surface area contributed by atoms with E-state index in [4.69, 9.17) is 9.15 Å². The predicted molar refractivity (Wildman–Crippen MR) is 80.8 cm³/mol. The monoisotopic (exact) mass is 273 g/mol. The molecule has 1 aromatic heterocycles. The lowest BCUT2D eigenvalue weighted by atomic mass is 10.1. The Bertz CT molecular complexity index is 552. The Labute approximate surface area is 121 Å². The molecule has 0 amide bonds. The van der Waals surface area contributed by atoms with E-state index in [2.05, 4.69) is 26.1 Å². The van der Waals surface area contributed by atoms with Gasteiger partial charge in [-0.15, -0.1) is 0 Å². The first kappa shape index (κ1) is 14.7. The molecular weight excluding hydrogens is 250 g/mol. The van der Waals surface area contributed by atoms with Gasteiger partial charge >= 0.3 is 0 Å². The zero-order valence-electron chi connectivity index (χ0n) is 12.7. The summed E-state index contributed by atoms with van der Waals surface area (Å²) >= 11 is 0. The average molecular weight is 273 g/mol. The smallest absolute Gasteiger partial charge is 0.146 e. The summed E-state index contributed by atoms with van der Waals surface area (Å²) in [5, 5.41) is 3.46. The van der Waals surface area contributed by atoms with Crippen molar-refractivity contribution in [3.63, 3.8) is 0 Å². The highest BCUT2D eigenvalue weighted by Gasteiger charge is 2.12. The van der Waals surface area contributed by atoms with Crippen LogP contribution in [0.5, 0.6) is 5.75 Å². The standard InChI is InChI=1S/C17H23NO2/c1-13-7-5-6-8-15(13)20-12-16-14(9-10-19-16)11-18-17(2,3)4/h5-10,18H,11-12H2,1-4H3. The molecule has 108 valence electrons. The molecule has 1 aromatic carbocycles. The molecule has 2 rings (SSSR count). The van der Waals surface area contributed by atoms with Crippen molar-refractivity contribution in [3.05, 3.63) is 53.5 Å². The van der Waals surface area contributed by atoms with Gasteiger partial charge in [0.15, 0.2) is 0 Å². The van der Waals surface area contributed by atoms with Crippen molar-refractivity contribution in [3.8, 4) is 5.75 Å². The zero-order chi connectivity index (χ0) is 14.6. The minimum atomic E-state index is 0.0887. The Morgan fingerprint density at radius 3 is 2.60 bits per heavy atom. The van der Waals surface area contributed by atoms with E-state index < -0.39 is 0 Å². The second-order valence-electron chi connectivity index (χ2n) is 6.03. The fourth-order valence-electron chi connectivity index (χ4n) is 1.87. The van der Waals surface area contributed by atoms with E-state index in [1.807, 2.05) is 37.3 Å². The highest BCUT2D eigenvalue weighted by molar-refractivity contribution is 5.32. The number of hydrogen-bond donors (Lipinski definition) is 1. The maximum atomic E-state index is 5.83. The van der Waals surface area contributed by atoms with Crippen LogP contribution in [0.15, 0.2) is 41.0 Å². The molecule has 0 bridgehead atoms. The number of rotatable bonds is 5. The Hall–Kier alpha value is -1.74. The molecule has 0 fully saturated rings. The predicted octanol–water partition coefficient (Wildman–Crippen LogP) is 4.06. The van der Waals surface area contributed by atoms with E-state index >= 15 is 0 Å². The summed E-state index contributed by atoms with van der Waals surface area (Å²) in [6.45, 7) is 9.73. The first-order valence-electron chi connectivity index (χ1n) is 6.94. The van der Waals surface area contributed by atoms with Crippen LogP contribution in [0.25, 0.3) is 0 Å². The molecule has 2 aromatic rings. The van der Waals surface area contributed by atoms with Crippen molar-refractivity contribution in [1.82, 2.24) is 5.32 Å². The van der Waals surface area contributed by atoms with E-state index in [9.17, 15) is 0 Å². The number of furan rings is 1. The maximum Gasteiger partial charge on any atom is 0.146 e. The van der Waals surface area contributed by atoms with Gasteiger partial charge in [0.1, 0.15) is 18.1 Å². The van der Waals surface area contributed by atoms with Gasteiger partial charge in [0.2, 0.25) is 0 Å². The van der Waals surface area contributed by atoms with Crippen LogP contribution in [0.1, 0.15) is 37.7 Å². The minimum Gasteiger partial charge on any atom is -0.485 e. The second kappa shape index (κ2) is 6.14. The Morgan fingerprint density at radius 1 is 1.15 bits per heavy atom. The molecule has 0 radical (unpaired) electrons. The Morgan fingerprint density at radius 2 is 1.90 bits per heavy atom. The number of ether oxygens (including phenoxy) is 1. The van der Waals surface area contributed by atoms with Gasteiger partial charge in [-0.2, -0.15) is 0 Å². The SMILES string of the molecule is Cc1ccccc1OCc1occc1CNC(C)(C)C. The molecule has 20 heavy (non-hydrogen) atoms. The van der Waals surface area contributed by atoms with Gasteiger partial charge < -0.3 is 14.5 Å².